The maximum Gasteiger partial charge on any atom is 0.238 e. The topological polar surface area (TPSA) is 119 Å². The molecule has 8 nitrogen and oxygen atoms in total. The van der Waals surface area contributed by atoms with Gasteiger partial charge in [-0.05, 0) is 55.7 Å². The number of rotatable bonds is 7. The first-order valence-electron chi connectivity index (χ1n) is 10.1. The van der Waals surface area contributed by atoms with Crippen molar-refractivity contribution in [2.75, 3.05) is 18.0 Å². The molecule has 0 saturated heterocycles. The minimum absolute atomic E-state index is 0.0491. The number of hydrogen-bond donors (Lipinski definition) is 2. The first-order valence-corrected chi connectivity index (χ1v) is 11.6. The average Bonchev–Trinajstić information content (AvgIpc) is 2.71. The third-order valence-corrected chi connectivity index (χ3v) is 5.96. The van der Waals surface area contributed by atoms with E-state index in [-0.39, 0.29) is 35.7 Å². The number of carbonyl (C=O) groups is 2. The number of nitrogens with zero attached hydrogens (tertiary/aromatic N) is 1. The van der Waals surface area contributed by atoms with Crippen molar-refractivity contribution in [1.82, 2.24) is 5.32 Å². The molecule has 0 fully saturated rings. The summed E-state index contributed by atoms with van der Waals surface area (Å²) in [4.78, 5) is 26.7. The van der Waals surface area contributed by atoms with Crippen molar-refractivity contribution in [2.24, 2.45) is 5.14 Å². The number of aryl methyl sites for hydroxylation is 1. The number of hydrogen-bond acceptors (Lipinski definition) is 5. The van der Waals surface area contributed by atoms with Crippen LogP contribution < -0.4 is 20.1 Å². The Balaban J connectivity index is 1.48. The minimum Gasteiger partial charge on any atom is -0.487 e. The van der Waals surface area contributed by atoms with Gasteiger partial charge in [0, 0.05) is 19.4 Å². The van der Waals surface area contributed by atoms with Gasteiger partial charge in [0.25, 0.3) is 0 Å². The Bertz CT molecular complexity index is 1070. The molecule has 0 unspecified atom stereocenters. The summed E-state index contributed by atoms with van der Waals surface area (Å²) in [5, 5.41) is 7.87. The quantitative estimate of drug-likeness (QED) is 0.675. The standard InChI is InChI=1S/C22H27N3O5S/c1-15-3-8-20-19(13-15)25(14-16(2)30-20)22(27)10-9-21(26)24-12-11-17-4-6-18(7-5-17)31(23,28)29/h3-8,13,16H,9-12,14H2,1-2H3,(H,24,26)(H2,23,28,29)/t16-/m1/s1. The van der Waals surface area contributed by atoms with Crippen molar-refractivity contribution >= 4 is 27.5 Å². The zero-order valence-electron chi connectivity index (χ0n) is 17.6. The molecule has 9 heteroatoms. The molecule has 0 saturated carbocycles. The lowest BCUT2D eigenvalue weighted by atomic mass is 10.1. The Morgan fingerprint density at radius 3 is 2.55 bits per heavy atom. The number of nitrogens with one attached hydrogen (secondary N) is 1. The molecule has 31 heavy (non-hydrogen) atoms. The summed E-state index contributed by atoms with van der Waals surface area (Å²) in [5.74, 6) is 0.353. The maximum absolute atomic E-state index is 12.8. The number of amides is 2. The van der Waals surface area contributed by atoms with Gasteiger partial charge in [0.1, 0.15) is 11.9 Å². The van der Waals surface area contributed by atoms with Crippen molar-refractivity contribution in [3.05, 3.63) is 53.6 Å². The number of sulfonamides is 1. The van der Waals surface area contributed by atoms with Gasteiger partial charge < -0.3 is 15.0 Å². The van der Waals surface area contributed by atoms with E-state index in [0.29, 0.717) is 25.3 Å². The summed E-state index contributed by atoms with van der Waals surface area (Å²) in [5.41, 5.74) is 2.65. The monoisotopic (exact) mass is 445 g/mol. The van der Waals surface area contributed by atoms with Crippen molar-refractivity contribution in [2.45, 2.75) is 44.1 Å². The number of anilines is 1. The molecule has 1 aliphatic heterocycles. The maximum atomic E-state index is 12.8. The van der Waals surface area contributed by atoms with Gasteiger partial charge in [-0.15, -0.1) is 0 Å². The van der Waals surface area contributed by atoms with Crippen molar-refractivity contribution < 1.29 is 22.7 Å². The third kappa shape index (κ3) is 6.05. The Labute approximate surface area is 182 Å². The molecule has 2 aromatic rings. The number of ether oxygens (including phenoxy) is 1. The second kappa shape index (κ2) is 9.49. The van der Waals surface area contributed by atoms with Crippen LogP contribution in [0.15, 0.2) is 47.4 Å². The highest BCUT2D eigenvalue weighted by atomic mass is 32.2. The van der Waals surface area contributed by atoms with Gasteiger partial charge in [-0.1, -0.05) is 18.2 Å². The number of nitrogens with two attached hydrogens (primary N) is 1. The molecule has 3 rings (SSSR count). The van der Waals surface area contributed by atoms with E-state index in [2.05, 4.69) is 5.32 Å². The normalized spacial score (nSPS) is 15.7. The molecular weight excluding hydrogens is 418 g/mol. The molecule has 2 amide bonds. The Kier molecular flexibility index (Phi) is 6.97. The molecular formula is C22H27N3O5S. The van der Waals surface area contributed by atoms with Gasteiger partial charge in [-0.3, -0.25) is 9.59 Å². The third-order valence-electron chi connectivity index (χ3n) is 5.03. The molecule has 166 valence electrons. The molecule has 0 spiro atoms. The van der Waals surface area contributed by atoms with E-state index >= 15 is 0 Å². The lowest BCUT2D eigenvalue weighted by molar-refractivity contribution is -0.125. The van der Waals surface area contributed by atoms with Crippen LogP contribution in [0.3, 0.4) is 0 Å². The largest absolute Gasteiger partial charge is 0.487 e. The lowest BCUT2D eigenvalue weighted by Crippen LogP contribution is -2.42. The average molecular weight is 446 g/mol. The van der Waals surface area contributed by atoms with Gasteiger partial charge in [0.05, 0.1) is 17.1 Å². The Morgan fingerprint density at radius 2 is 1.87 bits per heavy atom. The van der Waals surface area contributed by atoms with Crippen LogP contribution in [0.1, 0.15) is 30.9 Å². The highest BCUT2D eigenvalue weighted by molar-refractivity contribution is 7.89. The fraction of sp³-hybridized carbons (Fsp3) is 0.364. The Morgan fingerprint density at radius 1 is 1.16 bits per heavy atom. The van der Waals surface area contributed by atoms with Crippen molar-refractivity contribution in [3.8, 4) is 5.75 Å². The lowest BCUT2D eigenvalue weighted by Gasteiger charge is -2.33. The summed E-state index contributed by atoms with van der Waals surface area (Å²) >= 11 is 0. The minimum atomic E-state index is -3.72. The van der Waals surface area contributed by atoms with Crippen LogP contribution in [-0.2, 0) is 26.0 Å². The SMILES string of the molecule is Cc1ccc2c(c1)N(C(=O)CCC(=O)NCCc1ccc(S(N)(=O)=O)cc1)C[C@@H](C)O2. The zero-order valence-corrected chi connectivity index (χ0v) is 18.4. The van der Waals surface area contributed by atoms with Gasteiger partial charge >= 0.3 is 0 Å². The van der Waals surface area contributed by atoms with Gasteiger partial charge in [0.2, 0.25) is 21.8 Å². The summed E-state index contributed by atoms with van der Waals surface area (Å²) in [6.45, 7) is 4.70. The van der Waals surface area contributed by atoms with Crippen LogP contribution >= 0.6 is 0 Å². The molecule has 0 bridgehead atoms. The fourth-order valence-electron chi connectivity index (χ4n) is 3.42. The predicted octanol–water partition coefficient (Wildman–Crippen LogP) is 1.90. The van der Waals surface area contributed by atoms with Crippen molar-refractivity contribution in [1.29, 1.82) is 0 Å². The molecule has 1 aliphatic rings. The predicted molar refractivity (Wildman–Crippen MR) is 117 cm³/mol. The van der Waals surface area contributed by atoms with E-state index in [9.17, 15) is 18.0 Å². The van der Waals surface area contributed by atoms with Crippen molar-refractivity contribution in [3.63, 3.8) is 0 Å². The second-order valence-electron chi connectivity index (χ2n) is 7.69. The van der Waals surface area contributed by atoms with Crippen LogP contribution in [-0.4, -0.2) is 39.4 Å². The zero-order chi connectivity index (χ0) is 22.6. The molecule has 1 heterocycles. The highest BCUT2D eigenvalue weighted by Gasteiger charge is 2.27. The van der Waals surface area contributed by atoms with Gasteiger partial charge in [-0.2, -0.15) is 0 Å². The number of primary sulfonamides is 1. The summed E-state index contributed by atoms with van der Waals surface area (Å²) in [6.07, 6.45) is 0.622. The van der Waals surface area contributed by atoms with Crippen LogP contribution in [0.4, 0.5) is 5.69 Å². The van der Waals surface area contributed by atoms with E-state index in [0.717, 1.165) is 16.8 Å². The Hall–Kier alpha value is -2.91. The molecule has 0 radical (unpaired) electrons. The van der Waals surface area contributed by atoms with Crippen LogP contribution in [0.5, 0.6) is 5.75 Å². The van der Waals surface area contributed by atoms with Crippen LogP contribution in [0.25, 0.3) is 0 Å². The van der Waals surface area contributed by atoms with E-state index in [1.165, 1.54) is 12.1 Å². The van der Waals surface area contributed by atoms with Crippen LogP contribution in [0.2, 0.25) is 0 Å². The first-order chi connectivity index (χ1) is 14.6. The molecule has 1 atom stereocenters. The van der Waals surface area contributed by atoms with E-state index < -0.39 is 10.0 Å². The molecule has 2 aromatic carbocycles. The highest BCUT2D eigenvalue weighted by Crippen LogP contribution is 2.34. The van der Waals surface area contributed by atoms with E-state index in [1.54, 1.807) is 17.0 Å². The van der Waals surface area contributed by atoms with E-state index in [4.69, 9.17) is 9.88 Å². The summed E-state index contributed by atoms with van der Waals surface area (Å²) < 4.78 is 28.3. The first kappa shape index (κ1) is 22.8. The van der Waals surface area contributed by atoms with Gasteiger partial charge in [-0.25, -0.2) is 13.6 Å². The second-order valence-corrected chi connectivity index (χ2v) is 9.25. The smallest absolute Gasteiger partial charge is 0.238 e. The number of fused-ring (bicyclic) bond motifs is 1. The summed E-state index contributed by atoms with van der Waals surface area (Å²) in [7, 11) is -3.72. The number of benzene rings is 2. The fourth-order valence-corrected chi connectivity index (χ4v) is 3.93. The summed E-state index contributed by atoms with van der Waals surface area (Å²) in [6, 6.07) is 11.9. The van der Waals surface area contributed by atoms with E-state index in [1.807, 2.05) is 32.0 Å². The van der Waals surface area contributed by atoms with Crippen LogP contribution in [0, 0.1) is 6.92 Å². The molecule has 0 aliphatic carbocycles. The molecule has 0 aromatic heterocycles. The number of carbonyl (C=O) groups excluding carboxylic acids is 2. The molecule has 3 N–H and O–H groups in total. The van der Waals surface area contributed by atoms with Gasteiger partial charge in [0.15, 0.2) is 0 Å².